The highest BCUT2D eigenvalue weighted by Gasteiger charge is 2.59. The van der Waals surface area contributed by atoms with Crippen LogP contribution in [-0.2, 0) is 14.3 Å². The summed E-state index contributed by atoms with van der Waals surface area (Å²) in [6.45, 7) is 10.6. The standard InChI is InChI=1S/C32H52N2O4/c1-25(2)27-22-30(10-6-4-7-11-30)34(32(27)12-8-5-9-13-32)38-24-26(3)28-23-29(14-18-36-19-15-29)33(35)31(28)16-20-37-21-17-31/h22-23,25-26,35H,4-21,24H2,1-3H3. The highest BCUT2D eigenvalue weighted by Crippen LogP contribution is 2.56. The maximum Gasteiger partial charge on any atom is 0.0749 e. The van der Waals surface area contributed by atoms with Gasteiger partial charge in [0.1, 0.15) is 0 Å². The average Bonchev–Trinajstić information content (AvgIpc) is 3.31. The molecule has 4 spiro atoms. The largest absolute Gasteiger partial charge is 0.381 e. The predicted octanol–water partition coefficient (Wildman–Crippen LogP) is 6.59. The molecule has 0 aromatic rings. The molecule has 4 heterocycles. The molecule has 1 atom stereocenters. The van der Waals surface area contributed by atoms with E-state index < -0.39 is 0 Å². The van der Waals surface area contributed by atoms with E-state index in [0.717, 1.165) is 25.7 Å². The Hall–Kier alpha value is -0.760. The smallest absolute Gasteiger partial charge is 0.0749 e. The molecule has 1 N–H and O–H groups in total. The van der Waals surface area contributed by atoms with Gasteiger partial charge in [-0.1, -0.05) is 71.4 Å². The van der Waals surface area contributed by atoms with Gasteiger partial charge in [-0.3, -0.25) is 4.84 Å². The van der Waals surface area contributed by atoms with Crippen molar-refractivity contribution in [3.05, 3.63) is 23.3 Å². The fourth-order valence-corrected chi connectivity index (χ4v) is 9.32. The Balaban J connectivity index is 1.29. The van der Waals surface area contributed by atoms with E-state index in [9.17, 15) is 5.21 Å². The second-order valence-electron chi connectivity index (χ2n) is 13.8. The molecule has 0 bridgehead atoms. The number of nitrogens with zero attached hydrogens (tertiary/aromatic N) is 2. The molecule has 38 heavy (non-hydrogen) atoms. The number of rotatable bonds is 5. The first-order valence-corrected chi connectivity index (χ1v) is 15.9. The van der Waals surface area contributed by atoms with Crippen LogP contribution in [0.15, 0.2) is 23.3 Å². The molecule has 0 aromatic heterocycles. The minimum Gasteiger partial charge on any atom is -0.381 e. The monoisotopic (exact) mass is 528 g/mol. The van der Waals surface area contributed by atoms with Gasteiger partial charge in [-0.05, 0) is 68.4 Å². The first kappa shape index (κ1) is 27.4. The fourth-order valence-electron chi connectivity index (χ4n) is 9.32. The Morgan fingerprint density at radius 3 is 1.87 bits per heavy atom. The lowest BCUT2D eigenvalue weighted by atomic mass is 9.74. The van der Waals surface area contributed by atoms with E-state index in [2.05, 4.69) is 38.0 Å². The van der Waals surface area contributed by atoms with Gasteiger partial charge < -0.3 is 14.7 Å². The predicted molar refractivity (Wildman–Crippen MR) is 149 cm³/mol. The van der Waals surface area contributed by atoms with Gasteiger partial charge in [0.2, 0.25) is 0 Å². The summed E-state index contributed by atoms with van der Waals surface area (Å²) in [6.07, 6.45) is 21.3. The Kier molecular flexibility index (Phi) is 7.63. The third-order valence-electron chi connectivity index (χ3n) is 11.2. The molecule has 6 aliphatic rings. The van der Waals surface area contributed by atoms with E-state index in [1.807, 2.05) is 0 Å². The number of hydrogen-bond donors (Lipinski definition) is 1. The zero-order valence-corrected chi connectivity index (χ0v) is 24.3. The summed E-state index contributed by atoms with van der Waals surface area (Å²) in [5, 5.41) is 16.1. The topological polar surface area (TPSA) is 54.4 Å². The molecule has 0 aromatic carbocycles. The zero-order valence-electron chi connectivity index (χ0n) is 24.3. The van der Waals surface area contributed by atoms with Crippen LogP contribution in [0, 0.1) is 11.8 Å². The Labute approximate surface area is 230 Å². The molecule has 214 valence electrons. The van der Waals surface area contributed by atoms with Crippen LogP contribution in [-0.4, -0.2) is 70.5 Å². The van der Waals surface area contributed by atoms with Crippen molar-refractivity contribution in [1.82, 2.24) is 10.1 Å². The summed E-state index contributed by atoms with van der Waals surface area (Å²) in [5.41, 5.74) is 2.49. The van der Waals surface area contributed by atoms with E-state index in [4.69, 9.17) is 14.3 Å². The fraction of sp³-hybridized carbons (Fsp3) is 0.875. The maximum atomic E-state index is 11.8. The van der Waals surface area contributed by atoms with Crippen molar-refractivity contribution in [1.29, 1.82) is 0 Å². The molecule has 2 saturated heterocycles. The summed E-state index contributed by atoms with van der Waals surface area (Å²) in [5.74, 6) is 0.784. The third kappa shape index (κ3) is 4.28. The second kappa shape index (κ2) is 10.6. The van der Waals surface area contributed by atoms with Crippen LogP contribution in [0.4, 0.5) is 0 Å². The molecule has 0 radical (unpaired) electrons. The molecule has 6 nitrogen and oxygen atoms in total. The molecular weight excluding hydrogens is 476 g/mol. The summed E-state index contributed by atoms with van der Waals surface area (Å²) >= 11 is 0. The number of hydroxylamine groups is 4. The molecule has 0 amide bonds. The minimum absolute atomic E-state index is 0.0558. The van der Waals surface area contributed by atoms with Crippen LogP contribution in [0.5, 0.6) is 0 Å². The second-order valence-corrected chi connectivity index (χ2v) is 13.8. The summed E-state index contributed by atoms with van der Waals surface area (Å²) in [7, 11) is 0. The lowest BCUT2D eigenvalue weighted by Gasteiger charge is -2.51. The van der Waals surface area contributed by atoms with Gasteiger partial charge in [0.05, 0.1) is 28.8 Å². The maximum absolute atomic E-state index is 11.8. The van der Waals surface area contributed by atoms with Crippen LogP contribution >= 0.6 is 0 Å². The SMILES string of the molecule is CC(C)C1=CC2(CCCCC2)N(OCC(C)C2=CC3(CCOCC3)N(O)C23CCOCC3)C12CCCCC2. The lowest BCUT2D eigenvalue weighted by Crippen LogP contribution is -2.59. The van der Waals surface area contributed by atoms with Crippen LogP contribution < -0.4 is 0 Å². The Morgan fingerprint density at radius 2 is 1.26 bits per heavy atom. The van der Waals surface area contributed by atoms with E-state index in [1.54, 1.807) is 10.6 Å². The first-order valence-electron chi connectivity index (χ1n) is 15.9. The van der Waals surface area contributed by atoms with Gasteiger partial charge in [0, 0.05) is 32.3 Å². The molecule has 4 fully saturated rings. The quantitative estimate of drug-likeness (QED) is 0.407. The van der Waals surface area contributed by atoms with E-state index in [1.165, 1.54) is 69.8 Å². The van der Waals surface area contributed by atoms with Gasteiger partial charge in [-0.15, -0.1) is 0 Å². The van der Waals surface area contributed by atoms with Crippen molar-refractivity contribution in [2.24, 2.45) is 11.8 Å². The molecule has 6 heteroatoms. The van der Waals surface area contributed by atoms with Crippen molar-refractivity contribution >= 4 is 0 Å². The molecular formula is C32H52N2O4. The van der Waals surface area contributed by atoms with Gasteiger partial charge in [-0.25, -0.2) is 0 Å². The molecule has 4 aliphatic heterocycles. The van der Waals surface area contributed by atoms with Crippen molar-refractivity contribution in [3.63, 3.8) is 0 Å². The average molecular weight is 529 g/mol. The van der Waals surface area contributed by atoms with Gasteiger partial charge in [-0.2, -0.15) is 10.1 Å². The van der Waals surface area contributed by atoms with Gasteiger partial charge >= 0.3 is 0 Å². The minimum atomic E-state index is -0.338. The number of ether oxygens (including phenoxy) is 2. The van der Waals surface area contributed by atoms with Crippen molar-refractivity contribution < 1.29 is 19.5 Å². The first-order chi connectivity index (χ1) is 18.4. The van der Waals surface area contributed by atoms with Gasteiger partial charge in [0.25, 0.3) is 0 Å². The Morgan fingerprint density at radius 1 is 0.711 bits per heavy atom. The summed E-state index contributed by atoms with van der Waals surface area (Å²) in [6, 6.07) is 0. The highest BCUT2D eigenvalue weighted by atomic mass is 16.7. The van der Waals surface area contributed by atoms with E-state index in [-0.39, 0.29) is 28.1 Å². The summed E-state index contributed by atoms with van der Waals surface area (Å²) in [4.78, 5) is 7.17. The lowest BCUT2D eigenvalue weighted by molar-refractivity contribution is -0.268. The molecule has 1 unspecified atom stereocenters. The van der Waals surface area contributed by atoms with E-state index in [0.29, 0.717) is 39.0 Å². The van der Waals surface area contributed by atoms with Crippen molar-refractivity contribution in [3.8, 4) is 0 Å². The van der Waals surface area contributed by atoms with Crippen LogP contribution in [0.1, 0.15) is 111 Å². The van der Waals surface area contributed by atoms with Crippen molar-refractivity contribution in [2.45, 2.75) is 133 Å². The Bertz CT molecular complexity index is 902. The normalized spacial score (nSPS) is 31.4. The van der Waals surface area contributed by atoms with Crippen LogP contribution in [0.3, 0.4) is 0 Å². The highest BCUT2D eigenvalue weighted by molar-refractivity contribution is 5.37. The van der Waals surface area contributed by atoms with E-state index >= 15 is 0 Å². The molecule has 2 saturated carbocycles. The number of hydrogen-bond acceptors (Lipinski definition) is 6. The summed E-state index contributed by atoms with van der Waals surface area (Å²) < 4.78 is 11.5. The zero-order chi connectivity index (χ0) is 26.4. The third-order valence-corrected chi connectivity index (χ3v) is 11.2. The molecule has 6 rings (SSSR count). The van der Waals surface area contributed by atoms with Crippen LogP contribution in [0.2, 0.25) is 0 Å². The van der Waals surface area contributed by atoms with Gasteiger partial charge in [0.15, 0.2) is 0 Å². The molecule has 2 aliphatic carbocycles. The van der Waals surface area contributed by atoms with Crippen molar-refractivity contribution in [2.75, 3.05) is 33.0 Å². The van der Waals surface area contributed by atoms with Crippen LogP contribution in [0.25, 0.3) is 0 Å².